The fourth-order valence-corrected chi connectivity index (χ4v) is 7.29. The van der Waals surface area contributed by atoms with Gasteiger partial charge in [-0.05, 0) is 67.3 Å². The van der Waals surface area contributed by atoms with Gasteiger partial charge in [-0.15, -0.1) is 5.10 Å². The molecule has 2 aliphatic heterocycles. The molecule has 0 fully saturated rings. The fraction of sp³-hybridized carbons (Fsp3) is 0.279. The lowest BCUT2D eigenvalue weighted by Crippen LogP contribution is -2.44. The number of esters is 1. The number of carbonyl (C=O) groups excluding carboxylic acids is 3. The van der Waals surface area contributed by atoms with Crippen LogP contribution in [0.5, 0.6) is 11.5 Å². The van der Waals surface area contributed by atoms with E-state index in [2.05, 4.69) is 10.3 Å². The maximum absolute atomic E-state index is 14.4. The van der Waals surface area contributed by atoms with Gasteiger partial charge in [0.2, 0.25) is 0 Å². The molecule has 3 atom stereocenters. The van der Waals surface area contributed by atoms with Gasteiger partial charge in [-0.3, -0.25) is 24.0 Å². The number of allylic oxidation sites excluding steroid dienone is 1. The maximum atomic E-state index is 14.4. The lowest BCUT2D eigenvalue weighted by atomic mass is 9.82. The molecule has 282 valence electrons. The summed E-state index contributed by atoms with van der Waals surface area (Å²) in [4.78, 5) is 43.5. The fourth-order valence-electron chi connectivity index (χ4n) is 7.29. The molecule has 2 amide bonds. The molecule has 2 N–H and O–H groups in total. The highest BCUT2D eigenvalue weighted by atomic mass is 16.5. The number of anilines is 3. The summed E-state index contributed by atoms with van der Waals surface area (Å²) in [6.45, 7) is 2.46. The van der Waals surface area contributed by atoms with Gasteiger partial charge in [-0.2, -0.15) is 0 Å². The summed E-state index contributed by atoms with van der Waals surface area (Å²) in [5.41, 5.74) is 1.92. The third-order valence-corrected chi connectivity index (χ3v) is 10.3. The van der Waals surface area contributed by atoms with Crippen LogP contribution in [-0.4, -0.2) is 63.3 Å². The Labute approximate surface area is 319 Å². The number of methoxy groups -OCH3 is 1. The number of carbonyl (C=O) groups is 3. The minimum Gasteiger partial charge on any atom is -0.469 e. The van der Waals surface area contributed by atoms with E-state index < -0.39 is 17.4 Å². The molecule has 0 saturated carbocycles. The Kier molecular flexibility index (Phi) is 10.9. The Morgan fingerprint density at radius 3 is 2.45 bits per heavy atom. The molecule has 0 bridgehead atoms. The van der Waals surface area contributed by atoms with E-state index in [-0.39, 0.29) is 37.4 Å². The first-order valence-corrected chi connectivity index (χ1v) is 18.4. The van der Waals surface area contributed by atoms with Gasteiger partial charge in [0.1, 0.15) is 5.75 Å². The van der Waals surface area contributed by atoms with E-state index in [0.29, 0.717) is 71.2 Å². The summed E-state index contributed by atoms with van der Waals surface area (Å²) >= 11 is 0. The molecular formula is C43H43N5O7. The Bertz CT molecular complexity index is 2220. The first-order valence-electron chi connectivity index (χ1n) is 18.4. The molecule has 3 heterocycles. The van der Waals surface area contributed by atoms with Crippen molar-refractivity contribution in [1.82, 2.24) is 15.0 Å². The van der Waals surface area contributed by atoms with Crippen LogP contribution < -0.4 is 14.5 Å². The summed E-state index contributed by atoms with van der Waals surface area (Å²) in [5.74, 6) is -1.17. The zero-order chi connectivity index (χ0) is 38.5. The van der Waals surface area contributed by atoms with E-state index in [1.54, 1.807) is 69.9 Å². The van der Waals surface area contributed by atoms with Gasteiger partial charge in [0.05, 0.1) is 42.3 Å². The van der Waals surface area contributed by atoms with Crippen molar-refractivity contribution in [1.29, 1.82) is 0 Å². The van der Waals surface area contributed by atoms with Crippen LogP contribution in [0.3, 0.4) is 0 Å². The summed E-state index contributed by atoms with van der Waals surface area (Å²) in [6, 6.07) is 29.2. The van der Waals surface area contributed by atoms with Crippen LogP contribution in [0.15, 0.2) is 115 Å². The number of aliphatic hydroxyl groups is 2. The molecule has 0 saturated heterocycles. The number of hydrogen-bond donors (Lipinski definition) is 2. The van der Waals surface area contributed by atoms with Crippen LogP contribution in [0, 0.1) is 5.92 Å². The predicted octanol–water partition coefficient (Wildman–Crippen LogP) is 6.65. The molecule has 2 aliphatic rings. The standard InChI is InChI=1S/C43H43N5O7/c1-29(14-10-12-24-46-27-35(44-45-46)33(28-49)30-15-4-3-5-16-30)43(53)34-26-31(22-23-36(34)47(42(43)52)25-13-11-21-40(50)54-2)48-37-18-7-9-20-39(37)55-38-19-8-6-17-32(38)41(48)51/h3-10,14-20,22-23,26-27,29,33,49,53H,11-13,21,24-25,28H2,1-2H3/b14-10+/t29-,33?,43+/m0/s1. The number of amides is 2. The molecule has 5 aromatic rings. The lowest BCUT2D eigenvalue weighted by Gasteiger charge is -2.28. The Morgan fingerprint density at radius 1 is 0.927 bits per heavy atom. The molecule has 4 aromatic carbocycles. The van der Waals surface area contributed by atoms with Gasteiger partial charge in [0.25, 0.3) is 11.8 Å². The number of benzene rings is 4. The molecular weight excluding hydrogens is 699 g/mol. The summed E-state index contributed by atoms with van der Waals surface area (Å²) in [6.07, 6.45) is 7.32. The normalized spacial score (nSPS) is 17.3. The van der Waals surface area contributed by atoms with Gasteiger partial charge in [0, 0.05) is 42.9 Å². The molecule has 0 spiro atoms. The third kappa shape index (κ3) is 7.26. The van der Waals surface area contributed by atoms with E-state index in [0.717, 1.165) is 5.56 Å². The first kappa shape index (κ1) is 37.2. The topological polar surface area (TPSA) is 147 Å². The minimum absolute atomic E-state index is 0.0995. The van der Waals surface area contributed by atoms with Crippen LogP contribution in [0.4, 0.5) is 17.1 Å². The zero-order valence-electron chi connectivity index (χ0n) is 30.7. The van der Waals surface area contributed by atoms with Gasteiger partial charge in [-0.25, -0.2) is 0 Å². The maximum Gasteiger partial charge on any atom is 0.305 e. The highest BCUT2D eigenvalue weighted by Crippen LogP contribution is 2.49. The minimum atomic E-state index is -1.96. The molecule has 55 heavy (non-hydrogen) atoms. The van der Waals surface area contributed by atoms with E-state index in [1.165, 1.54) is 7.11 Å². The molecule has 1 unspecified atom stereocenters. The largest absolute Gasteiger partial charge is 0.469 e. The quantitative estimate of drug-likeness (QED) is 0.0726. The molecule has 12 heteroatoms. The second-order valence-corrected chi connectivity index (χ2v) is 13.7. The van der Waals surface area contributed by atoms with Crippen molar-refractivity contribution in [3.05, 3.63) is 138 Å². The number of hydrogen-bond acceptors (Lipinski definition) is 9. The zero-order valence-corrected chi connectivity index (χ0v) is 30.7. The van der Waals surface area contributed by atoms with Crippen molar-refractivity contribution in [2.75, 3.05) is 30.1 Å². The van der Waals surface area contributed by atoms with Crippen LogP contribution in [-0.2, 0) is 26.5 Å². The van der Waals surface area contributed by atoms with Gasteiger partial charge in [-0.1, -0.05) is 78.9 Å². The van der Waals surface area contributed by atoms with Crippen LogP contribution in [0.25, 0.3) is 0 Å². The number of aryl methyl sites for hydroxylation is 1. The van der Waals surface area contributed by atoms with Crippen molar-refractivity contribution < 1.29 is 34.1 Å². The Hall–Kier alpha value is -6.11. The third-order valence-electron chi connectivity index (χ3n) is 10.3. The van der Waals surface area contributed by atoms with Gasteiger partial charge < -0.3 is 24.6 Å². The van der Waals surface area contributed by atoms with Gasteiger partial charge >= 0.3 is 5.97 Å². The first-order chi connectivity index (χ1) is 26.7. The molecule has 1 aromatic heterocycles. The monoisotopic (exact) mass is 741 g/mol. The van der Waals surface area contributed by atoms with Crippen LogP contribution in [0.2, 0.25) is 0 Å². The predicted molar refractivity (Wildman–Crippen MR) is 206 cm³/mol. The molecule has 0 radical (unpaired) electrons. The number of aliphatic hydroxyl groups excluding tert-OH is 1. The lowest BCUT2D eigenvalue weighted by molar-refractivity contribution is -0.140. The second-order valence-electron chi connectivity index (χ2n) is 13.7. The van der Waals surface area contributed by atoms with E-state index >= 15 is 0 Å². The molecule has 7 rings (SSSR count). The van der Waals surface area contributed by atoms with Crippen molar-refractivity contribution in [3.63, 3.8) is 0 Å². The SMILES string of the molecule is COC(=O)CCCCN1C(=O)[C@@](O)([C@@H](C)/C=C/CCn2cc(C(CO)c3ccccc3)nn2)c2cc(N3C(=O)c4ccccc4Oc4ccccc43)ccc21. The number of ether oxygens (including phenoxy) is 2. The van der Waals surface area contributed by atoms with Crippen molar-refractivity contribution in [2.24, 2.45) is 5.92 Å². The number of fused-ring (bicyclic) bond motifs is 3. The summed E-state index contributed by atoms with van der Waals surface area (Å²) < 4.78 is 12.7. The number of rotatable bonds is 14. The van der Waals surface area contributed by atoms with E-state index in [9.17, 15) is 24.6 Å². The molecule has 12 nitrogen and oxygen atoms in total. The number of nitrogens with zero attached hydrogens (tertiary/aromatic N) is 5. The highest BCUT2D eigenvalue weighted by molar-refractivity contribution is 6.15. The Morgan fingerprint density at radius 2 is 1.67 bits per heavy atom. The smallest absolute Gasteiger partial charge is 0.305 e. The number of aromatic nitrogens is 3. The summed E-state index contributed by atoms with van der Waals surface area (Å²) in [7, 11) is 1.34. The highest BCUT2D eigenvalue weighted by Gasteiger charge is 2.52. The van der Waals surface area contributed by atoms with Crippen LogP contribution in [0.1, 0.15) is 65.7 Å². The van der Waals surface area contributed by atoms with Crippen molar-refractivity contribution in [2.45, 2.75) is 50.7 Å². The van der Waals surface area contributed by atoms with Crippen molar-refractivity contribution in [3.8, 4) is 11.5 Å². The average molecular weight is 742 g/mol. The average Bonchev–Trinajstić information content (AvgIpc) is 3.72. The molecule has 0 aliphatic carbocycles. The number of unbranched alkanes of at least 4 members (excludes halogenated alkanes) is 1. The second kappa shape index (κ2) is 16.1. The van der Waals surface area contributed by atoms with E-state index in [1.807, 2.05) is 66.9 Å². The number of para-hydroxylation sites is 3. The summed E-state index contributed by atoms with van der Waals surface area (Å²) in [5, 5.41) is 31.2. The van der Waals surface area contributed by atoms with Crippen LogP contribution >= 0.6 is 0 Å². The van der Waals surface area contributed by atoms with E-state index in [4.69, 9.17) is 9.47 Å². The van der Waals surface area contributed by atoms with Crippen molar-refractivity contribution >= 4 is 34.8 Å². The van der Waals surface area contributed by atoms with Gasteiger partial charge in [0.15, 0.2) is 11.4 Å². The Balaban J connectivity index is 1.17.